The van der Waals surface area contributed by atoms with Gasteiger partial charge in [-0.25, -0.2) is 0 Å². The van der Waals surface area contributed by atoms with Crippen LogP contribution in [0.5, 0.6) is 0 Å². The molecule has 0 aromatic carbocycles. The molecular weight excluding hydrogens is 200 g/mol. The van der Waals surface area contributed by atoms with E-state index in [1.807, 2.05) is 0 Å². The molecule has 94 valence electrons. The van der Waals surface area contributed by atoms with Gasteiger partial charge in [-0.2, -0.15) is 0 Å². The quantitative estimate of drug-likeness (QED) is 0.771. The molecule has 4 unspecified atom stereocenters. The van der Waals surface area contributed by atoms with Gasteiger partial charge in [0.1, 0.15) is 0 Å². The lowest BCUT2D eigenvalue weighted by atomic mass is 10.1. The van der Waals surface area contributed by atoms with Crippen molar-refractivity contribution in [3.8, 4) is 0 Å². The number of rotatable bonds is 5. The largest absolute Gasteiger partial charge is 0.380 e. The molecule has 1 saturated carbocycles. The van der Waals surface area contributed by atoms with E-state index in [9.17, 15) is 0 Å². The van der Waals surface area contributed by atoms with Crippen LogP contribution >= 0.6 is 0 Å². The van der Waals surface area contributed by atoms with Gasteiger partial charge in [0.2, 0.25) is 0 Å². The number of hydrogen-bond donors (Lipinski definition) is 1. The first-order valence-electron chi connectivity index (χ1n) is 6.66. The predicted molar refractivity (Wildman–Crippen MR) is 66.7 cm³/mol. The molecule has 1 aliphatic carbocycles. The maximum atomic E-state index is 5.36. The highest BCUT2D eigenvalue weighted by atomic mass is 16.5. The van der Waals surface area contributed by atoms with Crippen LogP contribution in [-0.4, -0.2) is 48.8 Å². The molecular formula is C13H26N2O. The van der Waals surface area contributed by atoms with E-state index < -0.39 is 0 Å². The van der Waals surface area contributed by atoms with Crippen LogP contribution in [0.3, 0.4) is 0 Å². The summed E-state index contributed by atoms with van der Waals surface area (Å²) >= 11 is 0. The van der Waals surface area contributed by atoms with Gasteiger partial charge in [-0.1, -0.05) is 0 Å². The third kappa shape index (κ3) is 2.76. The minimum Gasteiger partial charge on any atom is -0.380 e. The number of nitrogens with zero attached hydrogens (tertiary/aromatic N) is 1. The van der Waals surface area contributed by atoms with E-state index in [1.54, 1.807) is 7.11 Å². The van der Waals surface area contributed by atoms with Crippen molar-refractivity contribution in [1.82, 2.24) is 10.2 Å². The fraction of sp³-hybridized carbons (Fsp3) is 1.00. The molecule has 0 spiro atoms. The van der Waals surface area contributed by atoms with E-state index in [0.29, 0.717) is 18.2 Å². The van der Waals surface area contributed by atoms with Crippen molar-refractivity contribution >= 4 is 0 Å². The fourth-order valence-corrected chi connectivity index (χ4v) is 2.80. The molecule has 0 amide bonds. The van der Waals surface area contributed by atoms with Gasteiger partial charge in [-0.3, -0.25) is 4.90 Å². The molecule has 0 radical (unpaired) electrons. The van der Waals surface area contributed by atoms with Crippen LogP contribution in [0.4, 0.5) is 0 Å². The third-order valence-electron chi connectivity index (χ3n) is 4.21. The molecule has 4 atom stereocenters. The smallest absolute Gasteiger partial charge is 0.0693 e. The Hall–Kier alpha value is -0.120. The van der Waals surface area contributed by atoms with Crippen molar-refractivity contribution in [2.75, 3.05) is 13.7 Å². The summed E-state index contributed by atoms with van der Waals surface area (Å²) in [7, 11) is 1.79. The number of nitrogens with one attached hydrogen (secondary N) is 1. The second-order valence-electron chi connectivity index (χ2n) is 5.61. The number of hydrogen-bond acceptors (Lipinski definition) is 3. The zero-order valence-electron chi connectivity index (χ0n) is 11.1. The first-order chi connectivity index (χ1) is 7.61. The molecule has 0 aromatic rings. The Morgan fingerprint density at radius 1 is 1.31 bits per heavy atom. The van der Waals surface area contributed by atoms with Gasteiger partial charge in [-0.05, 0) is 40.0 Å². The Labute approximate surface area is 99.5 Å². The summed E-state index contributed by atoms with van der Waals surface area (Å²) in [6.07, 6.45) is 4.42. The predicted octanol–water partition coefficient (Wildman–Crippen LogP) is 1.62. The molecule has 0 aromatic heterocycles. The second-order valence-corrected chi connectivity index (χ2v) is 5.61. The van der Waals surface area contributed by atoms with E-state index in [4.69, 9.17) is 4.74 Å². The Morgan fingerprint density at radius 2 is 2.00 bits per heavy atom. The van der Waals surface area contributed by atoms with Crippen molar-refractivity contribution in [2.24, 2.45) is 0 Å². The normalized spacial score (nSPS) is 35.2. The van der Waals surface area contributed by atoms with Gasteiger partial charge in [-0.15, -0.1) is 0 Å². The molecule has 16 heavy (non-hydrogen) atoms. The molecule has 2 rings (SSSR count). The lowest BCUT2D eigenvalue weighted by molar-refractivity contribution is 0.0846. The first-order valence-corrected chi connectivity index (χ1v) is 6.66. The molecule has 2 fully saturated rings. The lowest BCUT2D eigenvalue weighted by Gasteiger charge is -2.24. The van der Waals surface area contributed by atoms with E-state index >= 15 is 0 Å². The van der Waals surface area contributed by atoms with Crippen LogP contribution in [0, 0.1) is 0 Å². The highest BCUT2D eigenvalue weighted by Crippen LogP contribution is 2.33. The SMILES string of the molecule is COC(C)C(C)NC1CC(C)N(C2CC2)C1. The summed E-state index contributed by atoms with van der Waals surface area (Å²) in [6.45, 7) is 7.95. The van der Waals surface area contributed by atoms with Crippen molar-refractivity contribution in [2.45, 2.75) is 70.3 Å². The summed E-state index contributed by atoms with van der Waals surface area (Å²) in [4.78, 5) is 2.68. The first kappa shape index (κ1) is 12.3. The number of likely N-dealkylation sites (tertiary alicyclic amines) is 1. The van der Waals surface area contributed by atoms with Gasteiger partial charge in [0.15, 0.2) is 0 Å². The van der Waals surface area contributed by atoms with Gasteiger partial charge < -0.3 is 10.1 Å². The maximum absolute atomic E-state index is 5.36. The zero-order chi connectivity index (χ0) is 11.7. The summed E-state index contributed by atoms with van der Waals surface area (Å²) < 4.78 is 5.36. The molecule has 0 bridgehead atoms. The van der Waals surface area contributed by atoms with Crippen LogP contribution in [0.1, 0.15) is 40.0 Å². The van der Waals surface area contributed by atoms with Crippen molar-refractivity contribution in [3.63, 3.8) is 0 Å². The van der Waals surface area contributed by atoms with Gasteiger partial charge >= 0.3 is 0 Å². The average Bonchev–Trinajstić information content (AvgIpc) is 3.03. The van der Waals surface area contributed by atoms with Crippen molar-refractivity contribution in [3.05, 3.63) is 0 Å². The number of methoxy groups -OCH3 is 1. The van der Waals surface area contributed by atoms with Crippen molar-refractivity contribution < 1.29 is 4.74 Å². The zero-order valence-corrected chi connectivity index (χ0v) is 11.1. The Morgan fingerprint density at radius 3 is 2.56 bits per heavy atom. The van der Waals surface area contributed by atoms with Crippen molar-refractivity contribution in [1.29, 1.82) is 0 Å². The minimum atomic E-state index is 0.297. The highest BCUT2D eigenvalue weighted by Gasteiger charge is 2.39. The Bertz CT molecular complexity index is 230. The van der Waals surface area contributed by atoms with E-state index in [1.165, 1.54) is 25.8 Å². The summed E-state index contributed by atoms with van der Waals surface area (Å²) in [5.74, 6) is 0. The molecule has 1 saturated heterocycles. The minimum absolute atomic E-state index is 0.297. The third-order valence-corrected chi connectivity index (χ3v) is 4.21. The molecule has 3 nitrogen and oxygen atoms in total. The monoisotopic (exact) mass is 226 g/mol. The summed E-state index contributed by atoms with van der Waals surface area (Å²) in [5, 5.41) is 3.71. The highest BCUT2D eigenvalue weighted by molar-refractivity contribution is 4.96. The fourth-order valence-electron chi connectivity index (χ4n) is 2.80. The molecule has 3 heteroatoms. The van der Waals surface area contributed by atoms with Gasteiger partial charge in [0.25, 0.3) is 0 Å². The lowest BCUT2D eigenvalue weighted by Crippen LogP contribution is -2.44. The number of ether oxygens (including phenoxy) is 1. The van der Waals surface area contributed by atoms with Crippen LogP contribution in [0.25, 0.3) is 0 Å². The van der Waals surface area contributed by atoms with Crippen LogP contribution in [0.2, 0.25) is 0 Å². The second kappa shape index (κ2) is 5.03. The van der Waals surface area contributed by atoms with Crippen LogP contribution in [0.15, 0.2) is 0 Å². The standard InChI is InChI=1S/C13H26N2O/c1-9-7-12(8-15(9)13-5-6-13)14-10(2)11(3)16-4/h9-14H,5-8H2,1-4H3. The van der Waals surface area contributed by atoms with E-state index in [0.717, 1.165) is 12.1 Å². The van der Waals surface area contributed by atoms with E-state index in [-0.39, 0.29) is 0 Å². The summed E-state index contributed by atoms with van der Waals surface area (Å²) in [6, 6.07) is 2.76. The van der Waals surface area contributed by atoms with Gasteiger partial charge in [0.05, 0.1) is 6.10 Å². The molecule has 1 N–H and O–H groups in total. The topological polar surface area (TPSA) is 24.5 Å². The van der Waals surface area contributed by atoms with Crippen LogP contribution in [-0.2, 0) is 4.74 Å². The average molecular weight is 226 g/mol. The molecule has 2 aliphatic rings. The maximum Gasteiger partial charge on any atom is 0.0693 e. The Kier molecular flexibility index (Phi) is 3.88. The van der Waals surface area contributed by atoms with Gasteiger partial charge in [0, 0.05) is 37.8 Å². The molecule has 1 aliphatic heterocycles. The summed E-state index contributed by atoms with van der Waals surface area (Å²) in [5.41, 5.74) is 0. The molecule has 1 heterocycles. The Balaban J connectivity index is 1.79. The van der Waals surface area contributed by atoms with Crippen LogP contribution < -0.4 is 5.32 Å². The van der Waals surface area contributed by atoms with E-state index in [2.05, 4.69) is 31.0 Å².